The quantitative estimate of drug-likeness (QED) is 0.499. The van der Waals surface area contributed by atoms with Crippen molar-refractivity contribution >= 4 is 28.9 Å². The van der Waals surface area contributed by atoms with Crippen LogP contribution in [0.2, 0.25) is 5.02 Å². The molecular weight excluding hydrogens is 386 g/mol. The number of nitrogens with zero attached hydrogens (tertiary/aromatic N) is 5. The highest BCUT2D eigenvalue weighted by Crippen LogP contribution is 2.27. The average molecular weight is 412 g/mol. The van der Waals surface area contributed by atoms with Crippen LogP contribution in [0.5, 0.6) is 0 Å². The van der Waals surface area contributed by atoms with E-state index in [1.54, 1.807) is 7.05 Å². The van der Waals surface area contributed by atoms with Crippen LogP contribution in [-0.2, 0) is 6.42 Å². The van der Waals surface area contributed by atoms with E-state index in [1.165, 1.54) is 0 Å². The Kier molecular flexibility index (Phi) is 6.14. The Balaban J connectivity index is 1.31. The predicted molar refractivity (Wildman–Crippen MR) is 118 cm³/mol. The first-order chi connectivity index (χ1) is 14.2. The molecule has 0 saturated carbocycles. The molecule has 7 nitrogen and oxygen atoms in total. The fourth-order valence-electron chi connectivity index (χ4n) is 3.76. The van der Waals surface area contributed by atoms with Gasteiger partial charge >= 0.3 is 0 Å². The molecule has 0 aliphatic carbocycles. The Bertz CT molecular complexity index is 984. The molecule has 1 aliphatic rings. The Morgan fingerprint density at radius 3 is 2.93 bits per heavy atom. The van der Waals surface area contributed by atoms with Crippen molar-refractivity contribution < 1.29 is 0 Å². The number of fused-ring (bicyclic) bond motifs is 1. The lowest BCUT2D eigenvalue weighted by Gasteiger charge is -2.35. The molecule has 1 fully saturated rings. The van der Waals surface area contributed by atoms with E-state index in [9.17, 15) is 0 Å². The summed E-state index contributed by atoms with van der Waals surface area (Å²) in [7, 11) is 1.80. The summed E-state index contributed by atoms with van der Waals surface area (Å²) in [5.41, 5.74) is 1.97. The highest BCUT2D eigenvalue weighted by atomic mass is 35.5. The number of halogens is 1. The zero-order valence-corrected chi connectivity index (χ0v) is 17.3. The standard InChI is InChI=1S/C21H26ClN7/c1-23-21(24-12-11-20-27-26-19-10-4-5-14-29(19)20)25-16-7-6-13-28(15-16)18-9-3-2-8-17(18)22/h2-5,8-10,14,16H,6-7,11-13,15H2,1H3,(H2,23,24,25). The number of nitrogens with one attached hydrogen (secondary N) is 2. The molecule has 1 saturated heterocycles. The molecule has 1 unspecified atom stereocenters. The molecule has 0 radical (unpaired) electrons. The zero-order chi connectivity index (χ0) is 20.1. The minimum Gasteiger partial charge on any atom is -0.368 e. The van der Waals surface area contributed by atoms with E-state index in [-0.39, 0.29) is 0 Å². The Labute approximate surface area is 175 Å². The van der Waals surface area contributed by atoms with Gasteiger partial charge in [0.2, 0.25) is 0 Å². The first kappa shape index (κ1) is 19.5. The van der Waals surface area contributed by atoms with Gasteiger partial charge < -0.3 is 15.5 Å². The number of hydrogen-bond donors (Lipinski definition) is 2. The van der Waals surface area contributed by atoms with Gasteiger partial charge in [-0.1, -0.05) is 29.8 Å². The van der Waals surface area contributed by atoms with Gasteiger partial charge in [0.05, 0.1) is 10.7 Å². The summed E-state index contributed by atoms with van der Waals surface area (Å²) in [6, 6.07) is 14.3. The molecule has 2 N–H and O–H groups in total. The molecule has 3 aromatic rings. The number of guanidine groups is 1. The lowest BCUT2D eigenvalue weighted by atomic mass is 10.0. The number of para-hydroxylation sites is 1. The van der Waals surface area contributed by atoms with Crippen LogP contribution in [0.25, 0.3) is 5.65 Å². The Morgan fingerprint density at radius 2 is 2.07 bits per heavy atom. The zero-order valence-electron chi connectivity index (χ0n) is 16.6. The summed E-state index contributed by atoms with van der Waals surface area (Å²) in [6.45, 7) is 2.66. The van der Waals surface area contributed by atoms with Crippen LogP contribution < -0.4 is 15.5 Å². The average Bonchev–Trinajstić information content (AvgIpc) is 3.17. The number of anilines is 1. The van der Waals surface area contributed by atoms with Crippen LogP contribution in [0.4, 0.5) is 5.69 Å². The van der Waals surface area contributed by atoms with Crippen LogP contribution in [-0.4, -0.2) is 53.3 Å². The molecule has 1 aromatic carbocycles. The van der Waals surface area contributed by atoms with E-state index in [0.717, 1.165) is 67.0 Å². The summed E-state index contributed by atoms with van der Waals surface area (Å²) >= 11 is 6.39. The van der Waals surface area contributed by atoms with Crippen LogP contribution >= 0.6 is 11.6 Å². The molecule has 2 aromatic heterocycles. The van der Waals surface area contributed by atoms with Gasteiger partial charge in [-0.15, -0.1) is 10.2 Å². The van der Waals surface area contributed by atoms with Gasteiger partial charge in [-0.05, 0) is 37.1 Å². The number of piperidine rings is 1. The highest BCUT2D eigenvalue weighted by Gasteiger charge is 2.22. The van der Waals surface area contributed by atoms with Crippen LogP contribution in [0.15, 0.2) is 53.7 Å². The lowest BCUT2D eigenvalue weighted by molar-refractivity contribution is 0.468. The van der Waals surface area contributed by atoms with Crippen molar-refractivity contribution in [3.63, 3.8) is 0 Å². The molecular formula is C21H26ClN7. The second kappa shape index (κ2) is 9.13. The number of rotatable bonds is 5. The van der Waals surface area contributed by atoms with Gasteiger partial charge in [-0.2, -0.15) is 0 Å². The van der Waals surface area contributed by atoms with Crippen LogP contribution in [0.3, 0.4) is 0 Å². The molecule has 1 atom stereocenters. The van der Waals surface area contributed by atoms with Crippen LogP contribution in [0.1, 0.15) is 18.7 Å². The van der Waals surface area contributed by atoms with Crippen molar-refractivity contribution in [2.75, 3.05) is 31.6 Å². The van der Waals surface area contributed by atoms with E-state index < -0.39 is 0 Å². The molecule has 0 spiro atoms. The predicted octanol–water partition coefficient (Wildman–Crippen LogP) is 2.76. The lowest BCUT2D eigenvalue weighted by Crippen LogP contribution is -2.51. The van der Waals surface area contributed by atoms with E-state index in [2.05, 4.69) is 36.8 Å². The highest BCUT2D eigenvalue weighted by molar-refractivity contribution is 6.33. The van der Waals surface area contributed by atoms with Gasteiger partial charge in [0.25, 0.3) is 0 Å². The van der Waals surface area contributed by atoms with Crippen molar-refractivity contribution in [1.82, 2.24) is 25.2 Å². The third-order valence-electron chi connectivity index (χ3n) is 5.20. The van der Waals surface area contributed by atoms with Gasteiger partial charge in [0.15, 0.2) is 11.6 Å². The second-order valence-corrected chi connectivity index (χ2v) is 7.58. The maximum atomic E-state index is 6.39. The molecule has 29 heavy (non-hydrogen) atoms. The molecule has 0 amide bonds. The number of pyridine rings is 1. The Morgan fingerprint density at radius 1 is 1.21 bits per heavy atom. The summed E-state index contributed by atoms with van der Waals surface area (Å²) in [4.78, 5) is 6.73. The molecule has 3 heterocycles. The molecule has 4 rings (SSSR count). The van der Waals surface area contributed by atoms with E-state index >= 15 is 0 Å². The van der Waals surface area contributed by atoms with E-state index in [0.29, 0.717) is 6.04 Å². The van der Waals surface area contributed by atoms with Crippen molar-refractivity contribution in [3.8, 4) is 0 Å². The number of aromatic nitrogens is 3. The molecule has 8 heteroatoms. The minimum absolute atomic E-state index is 0.320. The normalized spacial score (nSPS) is 17.5. The topological polar surface area (TPSA) is 69.8 Å². The minimum atomic E-state index is 0.320. The van der Waals surface area contributed by atoms with Crippen molar-refractivity contribution in [3.05, 3.63) is 59.5 Å². The summed E-state index contributed by atoms with van der Waals surface area (Å²) in [6.07, 6.45) is 4.98. The smallest absolute Gasteiger partial charge is 0.191 e. The SMILES string of the molecule is CN=C(NCCc1nnc2ccccn12)NC1CCCN(c2ccccc2Cl)C1. The van der Waals surface area contributed by atoms with Gasteiger partial charge in [0.1, 0.15) is 5.82 Å². The fraction of sp³-hybridized carbons (Fsp3) is 0.381. The molecule has 1 aliphatic heterocycles. The first-order valence-corrected chi connectivity index (χ1v) is 10.4. The monoisotopic (exact) mass is 411 g/mol. The number of benzene rings is 1. The summed E-state index contributed by atoms with van der Waals surface area (Å²) in [5.74, 6) is 1.75. The fourth-order valence-corrected chi connectivity index (χ4v) is 4.02. The maximum Gasteiger partial charge on any atom is 0.191 e. The van der Waals surface area contributed by atoms with Gasteiger partial charge in [-0.3, -0.25) is 9.39 Å². The largest absolute Gasteiger partial charge is 0.368 e. The van der Waals surface area contributed by atoms with Gasteiger partial charge in [0, 0.05) is 45.3 Å². The van der Waals surface area contributed by atoms with E-state index in [1.807, 2.05) is 47.0 Å². The number of aliphatic imine (C=N–C) groups is 1. The van der Waals surface area contributed by atoms with E-state index in [4.69, 9.17) is 11.6 Å². The third-order valence-corrected chi connectivity index (χ3v) is 5.52. The summed E-state index contributed by atoms with van der Waals surface area (Å²) in [5, 5.41) is 16.2. The molecule has 152 valence electrons. The van der Waals surface area contributed by atoms with Gasteiger partial charge in [-0.25, -0.2) is 0 Å². The van der Waals surface area contributed by atoms with Crippen molar-refractivity contribution in [2.24, 2.45) is 4.99 Å². The second-order valence-electron chi connectivity index (χ2n) is 7.17. The maximum absolute atomic E-state index is 6.39. The third kappa shape index (κ3) is 4.62. The first-order valence-electron chi connectivity index (χ1n) is 10.00. The van der Waals surface area contributed by atoms with Crippen molar-refractivity contribution in [1.29, 1.82) is 0 Å². The van der Waals surface area contributed by atoms with Crippen LogP contribution in [0, 0.1) is 0 Å². The Hall–Kier alpha value is -2.80. The number of hydrogen-bond acceptors (Lipinski definition) is 4. The van der Waals surface area contributed by atoms with Crippen molar-refractivity contribution in [2.45, 2.75) is 25.3 Å². The molecule has 0 bridgehead atoms. The summed E-state index contributed by atoms with van der Waals surface area (Å²) < 4.78 is 2.01.